The molecule has 0 aromatic heterocycles. The highest BCUT2D eigenvalue weighted by Gasteiger charge is 2.06. The van der Waals surface area contributed by atoms with Crippen LogP contribution in [-0.4, -0.2) is 37.3 Å². The van der Waals surface area contributed by atoms with Gasteiger partial charge in [0.15, 0.2) is 12.4 Å². The summed E-state index contributed by atoms with van der Waals surface area (Å²) in [7, 11) is 3.34. The van der Waals surface area contributed by atoms with Crippen LogP contribution in [-0.2, 0) is 4.79 Å². The van der Waals surface area contributed by atoms with Crippen molar-refractivity contribution in [1.82, 2.24) is 4.90 Å². The quantitative estimate of drug-likeness (QED) is 0.559. The number of halogens is 1. The van der Waals surface area contributed by atoms with Crippen LogP contribution in [0.1, 0.15) is 15.9 Å². The molecule has 0 bridgehead atoms. The molecule has 0 saturated carbocycles. The van der Waals surface area contributed by atoms with E-state index in [0.717, 1.165) is 10.0 Å². The summed E-state index contributed by atoms with van der Waals surface area (Å²) in [6.07, 6.45) is 3.31. The summed E-state index contributed by atoms with van der Waals surface area (Å²) >= 11 is 3.37. The second-order valence-corrected chi connectivity index (χ2v) is 6.27. The number of nitrogens with zero attached hydrogens (tertiary/aromatic N) is 1. The molecule has 0 radical (unpaired) electrons. The maximum absolute atomic E-state index is 12.2. The Morgan fingerprint density at radius 2 is 1.67 bits per heavy atom. The molecule has 0 aliphatic heterocycles. The van der Waals surface area contributed by atoms with Crippen molar-refractivity contribution in [2.75, 3.05) is 20.7 Å². The number of benzene rings is 2. The molecule has 2 aromatic rings. The van der Waals surface area contributed by atoms with E-state index >= 15 is 0 Å². The van der Waals surface area contributed by atoms with Crippen LogP contribution < -0.4 is 4.74 Å². The molecule has 124 valence electrons. The van der Waals surface area contributed by atoms with Crippen LogP contribution in [0.4, 0.5) is 0 Å². The predicted molar refractivity (Wildman–Crippen MR) is 98.1 cm³/mol. The van der Waals surface area contributed by atoms with Gasteiger partial charge in [0.05, 0.1) is 0 Å². The number of ether oxygens (including phenoxy) is 1. The Labute approximate surface area is 149 Å². The van der Waals surface area contributed by atoms with Gasteiger partial charge >= 0.3 is 0 Å². The van der Waals surface area contributed by atoms with Crippen LogP contribution in [0, 0.1) is 0 Å². The Bertz CT molecular complexity index is 734. The fourth-order valence-electron chi connectivity index (χ4n) is 1.83. The number of carbonyl (C=O) groups is 2. The Hall–Kier alpha value is -2.40. The molecular weight excluding hydrogens is 370 g/mol. The molecule has 0 saturated heterocycles. The number of hydrogen-bond donors (Lipinski definition) is 0. The number of likely N-dealkylation sites (N-methyl/N-ethyl adjacent to an activating group) is 1. The van der Waals surface area contributed by atoms with Crippen molar-refractivity contribution in [3.8, 4) is 5.75 Å². The monoisotopic (exact) mass is 387 g/mol. The summed E-state index contributed by atoms with van der Waals surface area (Å²) in [5.74, 6) is 0.347. The molecule has 0 aliphatic rings. The average Bonchev–Trinajstić information content (AvgIpc) is 2.59. The molecule has 2 aromatic carbocycles. The van der Waals surface area contributed by atoms with E-state index in [0.29, 0.717) is 11.3 Å². The first kappa shape index (κ1) is 17.9. The number of ketones is 1. The van der Waals surface area contributed by atoms with Crippen molar-refractivity contribution in [3.63, 3.8) is 0 Å². The fourth-order valence-corrected chi connectivity index (χ4v) is 2.10. The first-order valence-corrected chi connectivity index (χ1v) is 8.16. The van der Waals surface area contributed by atoms with Gasteiger partial charge < -0.3 is 9.64 Å². The van der Waals surface area contributed by atoms with E-state index in [9.17, 15) is 9.59 Å². The van der Waals surface area contributed by atoms with E-state index in [1.54, 1.807) is 44.4 Å². The zero-order chi connectivity index (χ0) is 17.5. The lowest BCUT2D eigenvalue weighted by molar-refractivity contribution is -0.130. The normalized spacial score (nSPS) is 10.6. The van der Waals surface area contributed by atoms with Gasteiger partial charge in [-0.1, -0.05) is 34.1 Å². The van der Waals surface area contributed by atoms with Crippen LogP contribution in [0.3, 0.4) is 0 Å². The summed E-state index contributed by atoms with van der Waals surface area (Å²) in [4.78, 5) is 25.1. The number of hydrogen-bond acceptors (Lipinski definition) is 3. The summed E-state index contributed by atoms with van der Waals surface area (Å²) < 4.78 is 6.37. The van der Waals surface area contributed by atoms with E-state index < -0.39 is 0 Å². The van der Waals surface area contributed by atoms with Gasteiger partial charge in [-0.2, -0.15) is 0 Å². The molecule has 0 unspecified atom stereocenters. The van der Waals surface area contributed by atoms with Gasteiger partial charge in [-0.25, -0.2) is 0 Å². The smallest absolute Gasteiger partial charge is 0.259 e. The number of amides is 1. The lowest BCUT2D eigenvalue weighted by atomic mass is 10.1. The average molecular weight is 388 g/mol. The molecule has 0 spiro atoms. The molecule has 0 fully saturated rings. The van der Waals surface area contributed by atoms with E-state index in [2.05, 4.69) is 15.9 Å². The summed E-state index contributed by atoms with van der Waals surface area (Å²) in [5, 5.41) is 0. The van der Waals surface area contributed by atoms with Crippen LogP contribution in [0.5, 0.6) is 5.75 Å². The van der Waals surface area contributed by atoms with Crippen molar-refractivity contribution in [3.05, 3.63) is 70.2 Å². The van der Waals surface area contributed by atoms with Gasteiger partial charge in [0.1, 0.15) is 5.75 Å². The molecule has 0 N–H and O–H groups in total. The van der Waals surface area contributed by atoms with E-state index in [1.807, 2.05) is 24.3 Å². The van der Waals surface area contributed by atoms with E-state index in [4.69, 9.17) is 4.74 Å². The maximum Gasteiger partial charge on any atom is 0.259 e. The van der Waals surface area contributed by atoms with Crippen molar-refractivity contribution in [2.24, 2.45) is 0 Å². The SMILES string of the molecule is CN(C)C(=O)COc1ccc(C(=O)C=Cc2ccc(Br)cc2)cc1. The van der Waals surface area contributed by atoms with Gasteiger partial charge in [0, 0.05) is 24.1 Å². The highest BCUT2D eigenvalue weighted by atomic mass is 79.9. The zero-order valence-corrected chi connectivity index (χ0v) is 15.1. The van der Waals surface area contributed by atoms with E-state index in [-0.39, 0.29) is 18.3 Å². The summed E-state index contributed by atoms with van der Waals surface area (Å²) in [6.45, 7) is -0.0240. The maximum atomic E-state index is 12.2. The standard InChI is InChI=1S/C19H18BrNO3/c1-21(2)19(23)13-24-17-10-6-15(7-11-17)18(22)12-5-14-3-8-16(20)9-4-14/h3-12H,13H2,1-2H3. The Kier molecular flexibility index (Phi) is 6.32. The largest absolute Gasteiger partial charge is 0.484 e. The Morgan fingerprint density at radius 3 is 2.25 bits per heavy atom. The number of carbonyl (C=O) groups excluding carboxylic acids is 2. The molecule has 5 heteroatoms. The minimum atomic E-state index is -0.118. The number of allylic oxidation sites excluding steroid dienone is 1. The minimum absolute atomic E-state index is 0.0240. The molecule has 4 nitrogen and oxygen atoms in total. The molecular formula is C19H18BrNO3. The van der Waals surface area contributed by atoms with E-state index in [1.165, 1.54) is 11.0 Å². The summed E-state index contributed by atoms with van der Waals surface area (Å²) in [5.41, 5.74) is 1.52. The zero-order valence-electron chi connectivity index (χ0n) is 13.5. The minimum Gasteiger partial charge on any atom is -0.484 e. The molecule has 1 amide bonds. The van der Waals surface area contributed by atoms with Crippen molar-refractivity contribution in [2.45, 2.75) is 0 Å². The second-order valence-electron chi connectivity index (χ2n) is 5.35. The molecule has 0 aliphatic carbocycles. The lowest BCUT2D eigenvalue weighted by Gasteiger charge is -2.11. The second kappa shape index (κ2) is 8.45. The lowest BCUT2D eigenvalue weighted by Crippen LogP contribution is -2.27. The van der Waals surface area contributed by atoms with Gasteiger partial charge in [0.25, 0.3) is 5.91 Å². The molecule has 24 heavy (non-hydrogen) atoms. The molecule has 2 rings (SSSR count). The van der Waals surface area contributed by atoms with Gasteiger partial charge in [-0.3, -0.25) is 9.59 Å². The number of rotatable bonds is 6. The van der Waals surface area contributed by atoms with Crippen molar-refractivity contribution in [1.29, 1.82) is 0 Å². The van der Waals surface area contributed by atoms with Gasteiger partial charge in [0.2, 0.25) is 0 Å². The first-order valence-electron chi connectivity index (χ1n) is 7.37. The van der Waals surface area contributed by atoms with Gasteiger partial charge in [-0.05, 0) is 48.0 Å². The van der Waals surface area contributed by atoms with Crippen LogP contribution >= 0.6 is 15.9 Å². The third-order valence-corrected chi connectivity index (χ3v) is 3.83. The molecule has 0 atom stereocenters. The fraction of sp³-hybridized carbons (Fsp3) is 0.158. The third-order valence-electron chi connectivity index (χ3n) is 3.30. The van der Waals surface area contributed by atoms with Crippen LogP contribution in [0.25, 0.3) is 6.08 Å². The predicted octanol–water partition coefficient (Wildman–Crippen LogP) is 3.81. The Balaban J connectivity index is 1.95. The van der Waals surface area contributed by atoms with Crippen LogP contribution in [0.15, 0.2) is 59.1 Å². The van der Waals surface area contributed by atoms with Crippen molar-refractivity contribution >= 4 is 33.7 Å². The first-order chi connectivity index (χ1) is 11.5. The topological polar surface area (TPSA) is 46.6 Å². The third kappa shape index (κ3) is 5.35. The van der Waals surface area contributed by atoms with Crippen LogP contribution in [0.2, 0.25) is 0 Å². The highest BCUT2D eigenvalue weighted by Crippen LogP contribution is 2.15. The van der Waals surface area contributed by atoms with Gasteiger partial charge in [-0.15, -0.1) is 0 Å². The Morgan fingerprint density at radius 1 is 1.04 bits per heavy atom. The van der Waals surface area contributed by atoms with Crippen molar-refractivity contribution < 1.29 is 14.3 Å². The summed E-state index contributed by atoms with van der Waals surface area (Å²) in [6, 6.07) is 14.4. The highest BCUT2D eigenvalue weighted by molar-refractivity contribution is 9.10. The molecule has 0 heterocycles.